The maximum Gasteiger partial charge on any atom is 0.303 e. The molecule has 0 aliphatic heterocycles. The molecule has 0 aliphatic rings. The molecule has 0 radical (unpaired) electrons. The summed E-state index contributed by atoms with van der Waals surface area (Å²) in [6.07, 6.45) is 10.9. The number of thioether (sulfide) groups is 1. The molecule has 0 atom stereocenters. The summed E-state index contributed by atoms with van der Waals surface area (Å²) in [7, 11) is 0. The summed E-state index contributed by atoms with van der Waals surface area (Å²) in [5.74, 6) is 0.615. The van der Waals surface area contributed by atoms with Gasteiger partial charge in [0, 0.05) is 6.42 Å². The second-order valence-electron chi connectivity index (χ2n) is 3.61. The van der Waals surface area contributed by atoms with Gasteiger partial charge in [0.25, 0.3) is 0 Å². The zero-order valence-electron chi connectivity index (χ0n) is 9.13. The molecule has 3 heteroatoms. The first-order chi connectivity index (χ1) is 6.77. The summed E-state index contributed by atoms with van der Waals surface area (Å²) in [6, 6.07) is 0. The van der Waals surface area contributed by atoms with E-state index in [0.29, 0.717) is 6.42 Å². The van der Waals surface area contributed by atoms with Gasteiger partial charge in [-0.15, -0.1) is 0 Å². The number of unbranched alkanes of at least 4 members (excludes halogenated alkanes) is 6. The Labute approximate surface area is 91.5 Å². The quantitative estimate of drug-likeness (QED) is 0.570. The van der Waals surface area contributed by atoms with E-state index in [1.807, 2.05) is 11.8 Å². The lowest BCUT2D eigenvalue weighted by molar-refractivity contribution is -0.137. The van der Waals surface area contributed by atoms with Crippen molar-refractivity contribution in [1.82, 2.24) is 0 Å². The number of carboxylic acids is 1. The van der Waals surface area contributed by atoms with Crippen molar-refractivity contribution in [3.05, 3.63) is 0 Å². The lowest BCUT2D eigenvalue weighted by Crippen LogP contribution is -1.93. The van der Waals surface area contributed by atoms with E-state index in [4.69, 9.17) is 5.11 Å². The van der Waals surface area contributed by atoms with Crippen LogP contribution in [0.15, 0.2) is 0 Å². The Bertz CT molecular complexity index is 137. The number of hydrogen-bond acceptors (Lipinski definition) is 2. The van der Waals surface area contributed by atoms with Crippen molar-refractivity contribution in [3.8, 4) is 0 Å². The van der Waals surface area contributed by atoms with Crippen molar-refractivity contribution in [1.29, 1.82) is 0 Å². The van der Waals surface area contributed by atoms with Gasteiger partial charge in [0.05, 0.1) is 0 Å². The number of carbonyl (C=O) groups is 1. The fourth-order valence-electron chi connectivity index (χ4n) is 1.41. The molecular formula is C11H22O2S. The molecule has 84 valence electrons. The molecule has 0 aliphatic carbocycles. The minimum absolute atomic E-state index is 0.340. The van der Waals surface area contributed by atoms with Crippen LogP contribution >= 0.6 is 11.8 Å². The minimum Gasteiger partial charge on any atom is -0.481 e. The highest BCUT2D eigenvalue weighted by molar-refractivity contribution is 7.98. The molecule has 1 N–H and O–H groups in total. The third-order valence-electron chi connectivity index (χ3n) is 2.24. The molecule has 0 aromatic carbocycles. The highest BCUT2D eigenvalue weighted by atomic mass is 32.2. The molecular weight excluding hydrogens is 196 g/mol. The molecule has 0 spiro atoms. The first-order valence-electron chi connectivity index (χ1n) is 5.48. The Kier molecular flexibility index (Phi) is 10.8. The smallest absolute Gasteiger partial charge is 0.303 e. The summed E-state index contributed by atoms with van der Waals surface area (Å²) < 4.78 is 0. The molecule has 0 aromatic heterocycles. The average molecular weight is 218 g/mol. The van der Waals surface area contributed by atoms with Crippen molar-refractivity contribution in [3.63, 3.8) is 0 Å². The molecule has 0 saturated heterocycles. The molecule has 0 aromatic rings. The SMILES string of the molecule is CSCCCCCCCCCC(=O)O. The van der Waals surface area contributed by atoms with Crippen LogP contribution in [0.3, 0.4) is 0 Å². The van der Waals surface area contributed by atoms with E-state index < -0.39 is 5.97 Å². The van der Waals surface area contributed by atoms with Gasteiger partial charge in [-0.1, -0.05) is 32.1 Å². The van der Waals surface area contributed by atoms with E-state index in [9.17, 15) is 4.79 Å². The zero-order valence-corrected chi connectivity index (χ0v) is 9.94. The van der Waals surface area contributed by atoms with Crippen molar-refractivity contribution in [2.75, 3.05) is 12.0 Å². The van der Waals surface area contributed by atoms with Crippen LogP contribution in [0, 0.1) is 0 Å². The first kappa shape index (κ1) is 13.8. The molecule has 0 heterocycles. The number of rotatable bonds is 10. The van der Waals surface area contributed by atoms with Crippen LogP contribution in [-0.4, -0.2) is 23.1 Å². The van der Waals surface area contributed by atoms with Crippen LogP contribution in [0.2, 0.25) is 0 Å². The Hall–Kier alpha value is -0.180. The summed E-state index contributed by atoms with van der Waals surface area (Å²) in [5.41, 5.74) is 0. The van der Waals surface area contributed by atoms with Crippen molar-refractivity contribution < 1.29 is 9.90 Å². The van der Waals surface area contributed by atoms with Gasteiger partial charge in [-0.25, -0.2) is 0 Å². The van der Waals surface area contributed by atoms with Crippen LogP contribution in [0.5, 0.6) is 0 Å². The van der Waals surface area contributed by atoms with E-state index in [-0.39, 0.29) is 0 Å². The standard InChI is InChI=1S/C11H22O2S/c1-14-10-8-6-4-2-3-5-7-9-11(12)13/h2-10H2,1H3,(H,12,13). The Balaban J connectivity index is 2.88. The molecule has 14 heavy (non-hydrogen) atoms. The van der Waals surface area contributed by atoms with Crippen molar-refractivity contribution in [2.45, 2.75) is 51.4 Å². The number of carboxylic acid groups (broad SMARTS) is 1. The molecule has 0 saturated carbocycles. The van der Waals surface area contributed by atoms with E-state index in [1.54, 1.807) is 0 Å². The fraction of sp³-hybridized carbons (Fsp3) is 0.909. The lowest BCUT2D eigenvalue weighted by Gasteiger charge is -2.00. The third-order valence-corrected chi connectivity index (χ3v) is 2.94. The van der Waals surface area contributed by atoms with Gasteiger partial charge in [-0.3, -0.25) is 4.79 Å². The maximum absolute atomic E-state index is 10.2. The maximum atomic E-state index is 10.2. The summed E-state index contributed by atoms with van der Waals surface area (Å²) >= 11 is 1.91. The summed E-state index contributed by atoms with van der Waals surface area (Å²) in [5, 5.41) is 8.41. The van der Waals surface area contributed by atoms with Gasteiger partial charge >= 0.3 is 5.97 Å². The largest absolute Gasteiger partial charge is 0.481 e. The fourth-order valence-corrected chi connectivity index (χ4v) is 1.90. The van der Waals surface area contributed by atoms with Gasteiger partial charge < -0.3 is 5.11 Å². The van der Waals surface area contributed by atoms with Gasteiger partial charge in [-0.2, -0.15) is 11.8 Å². The number of hydrogen-bond donors (Lipinski definition) is 1. The van der Waals surface area contributed by atoms with E-state index in [1.165, 1.54) is 37.9 Å². The molecule has 0 bridgehead atoms. The van der Waals surface area contributed by atoms with Crippen molar-refractivity contribution >= 4 is 17.7 Å². The zero-order chi connectivity index (χ0) is 10.6. The van der Waals surface area contributed by atoms with Gasteiger partial charge in [0.2, 0.25) is 0 Å². The molecule has 0 rings (SSSR count). The van der Waals surface area contributed by atoms with Gasteiger partial charge in [-0.05, 0) is 24.9 Å². The van der Waals surface area contributed by atoms with Crippen LogP contribution < -0.4 is 0 Å². The van der Waals surface area contributed by atoms with Gasteiger partial charge in [0.15, 0.2) is 0 Å². The van der Waals surface area contributed by atoms with Crippen LogP contribution in [0.1, 0.15) is 51.4 Å². The summed E-state index contributed by atoms with van der Waals surface area (Å²) in [6.45, 7) is 0. The molecule has 0 amide bonds. The second-order valence-corrected chi connectivity index (χ2v) is 4.60. The first-order valence-corrected chi connectivity index (χ1v) is 6.87. The topological polar surface area (TPSA) is 37.3 Å². The Morgan fingerprint density at radius 3 is 2.00 bits per heavy atom. The molecule has 0 unspecified atom stereocenters. The van der Waals surface area contributed by atoms with E-state index in [2.05, 4.69) is 6.26 Å². The van der Waals surface area contributed by atoms with Gasteiger partial charge in [0.1, 0.15) is 0 Å². The van der Waals surface area contributed by atoms with Crippen LogP contribution in [0.4, 0.5) is 0 Å². The van der Waals surface area contributed by atoms with E-state index in [0.717, 1.165) is 12.8 Å². The highest BCUT2D eigenvalue weighted by Gasteiger charge is 1.96. The monoisotopic (exact) mass is 218 g/mol. The Morgan fingerprint density at radius 1 is 1.00 bits per heavy atom. The minimum atomic E-state index is -0.662. The second kappa shape index (κ2) is 10.9. The lowest BCUT2D eigenvalue weighted by atomic mass is 10.1. The third kappa shape index (κ3) is 11.8. The predicted molar refractivity (Wildman–Crippen MR) is 63.0 cm³/mol. The summed E-state index contributed by atoms with van der Waals surface area (Å²) in [4.78, 5) is 10.2. The Morgan fingerprint density at radius 2 is 1.50 bits per heavy atom. The highest BCUT2D eigenvalue weighted by Crippen LogP contribution is 2.09. The van der Waals surface area contributed by atoms with E-state index >= 15 is 0 Å². The normalized spacial score (nSPS) is 10.4. The predicted octanol–water partition coefficient (Wildman–Crippen LogP) is 3.55. The average Bonchev–Trinajstić information content (AvgIpc) is 2.15. The molecule has 0 fully saturated rings. The van der Waals surface area contributed by atoms with Crippen molar-refractivity contribution in [2.24, 2.45) is 0 Å². The van der Waals surface area contributed by atoms with Crippen LogP contribution in [-0.2, 0) is 4.79 Å². The van der Waals surface area contributed by atoms with Crippen LogP contribution in [0.25, 0.3) is 0 Å². The number of aliphatic carboxylic acids is 1. The molecule has 2 nitrogen and oxygen atoms in total.